The summed E-state index contributed by atoms with van der Waals surface area (Å²) in [5.41, 5.74) is 3.12. The molecule has 0 aromatic heterocycles. The molecule has 0 spiro atoms. The number of carbonyl (C=O) groups is 1. The molecule has 3 nitrogen and oxygen atoms in total. The summed E-state index contributed by atoms with van der Waals surface area (Å²) in [6, 6.07) is 6.10. The van der Waals surface area contributed by atoms with Crippen molar-refractivity contribution in [3.63, 3.8) is 0 Å². The highest BCUT2D eigenvalue weighted by Crippen LogP contribution is 2.26. The van der Waals surface area contributed by atoms with Crippen LogP contribution in [0.25, 0.3) is 0 Å². The molecule has 0 aliphatic carbocycles. The van der Waals surface area contributed by atoms with Crippen molar-refractivity contribution in [1.29, 1.82) is 0 Å². The Labute approximate surface area is 136 Å². The smallest absolute Gasteiger partial charge is 0.226 e. The quantitative estimate of drug-likeness (QED) is 0.765. The molecule has 0 aliphatic rings. The molecule has 0 heterocycles. The third-order valence-corrected chi connectivity index (χ3v) is 4.69. The van der Waals surface area contributed by atoms with Crippen molar-refractivity contribution < 1.29 is 4.79 Å². The molecule has 0 radical (unpaired) electrons. The Balaban J connectivity index is 2.85. The Morgan fingerprint density at radius 2 is 1.77 bits per heavy atom. The zero-order chi connectivity index (χ0) is 16.8. The van der Waals surface area contributed by atoms with Crippen LogP contribution in [0.3, 0.4) is 0 Å². The van der Waals surface area contributed by atoms with E-state index in [1.165, 1.54) is 0 Å². The van der Waals surface area contributed by atoms with Crippen LogP contribution in [0.4, 0.5) is 5.69 Å². The fraction of sp³-hybridized carbons (Fsp3) is 0.632. The normalized spacial score (nSPS) is 14.0. The second-order valence-corrected chi connectivity index (χ2v) is 6.42. The van der Waals surface area contributed by atoms with Gasteiger partial charge in [0.15, 0.2) is 0 Å². The minimum Gasteiger partial charge on any atom is -0.326 e. The number of para-hydroxylation sites is 1. The first-order valence-electron chi connectivity index (χ1n) is 8.49. The van der Waals surface area contributed by atoms with E-state index in [0.717, 1.165) is 42.7 Å². The van der Waals surface area contributed by atoms with Crippen molar-refractivity contribution in [1.82, 2.24) is 4.90 Å². The third kappa shape index (κ3) is 4.57. The molecular formula is C19H32N2O. The molecule has 1 amide bonds. The van der Waals surface area contributed by atoms with Crippen molar-refractivity contribution >= 4 is 11.6 Å². The average molecular weight is 304 g/mol. The van der Waals surface area contributed by atoms with Crippen molar-refractivity contribution in [2.75, 3.05) is 18.4 Å². The summed E-state index contributed by atoms with van der Waals surface area (Å²) in [5.74, 6) is 0.108. The lowest BCUT2D eigenvalue weighted by molar-refractivity contribution is -0.119. The van der Waals surface area contributed by atoms with Gasteiger partial charge in [-0.05, 0) is 57.8 Å². The number of hydrogen-bond donors (Lipinski definition) is 1. The minimum atomic E-state index is -0.0779. The van der Waals surface area contributed by atoms with E-state index < -0.39 is 0 Å². The number of carbonyl (C=O) groups excluding carboxylic acids is 1. The first-order valence-corrected chi connectivity index (χ1v) is 8.49. The second-order valence-electron chi connectivity index (χ2n) is 6.42. The molecule has 1 rings (SSSR count). The van der Waals surface area contributed by atoms with Gasteiger partial charge in [-0.15, -0.1) is 0 Å². The number of anilines is 1. The summed E-state index contributed by atoms with van der Waals surface area (Å²) < 4.78 is 0. The van der Waals surface area contributed by atoms with E-state index in [4.69, 9.17) is 0 Å². The van der Waals surface area contributed by atoms with Crippen LogP contribution in [-0.4, -0.2) is 29.4 Å². The lowest BCUT2D eigenvalue weighted by Crippen LogP contribution is -2.48. The maximum Gasteiger partial charge on any atom is 0.226 e. The van der Waals surface area contributed by atoms with Crippen LogP contribution in [0.1, 0.15) is 58.1 Å². The van der Waals surface area contributed by atoms with Gasteiger partial charge in [0.05, 0.1) is 0 Å². The van der Waals surface area contributed by atoms with E-state index in [0.29, 0.717) is 6.42 Å². The largest absolute Gasteiger partial charge is 0.326 e. The van der Waals surface area contributed by atoms with Gasteiger partial charge >= 0.3 is 0 Å². The molecule has 0 bridgehead atoms. The minimum absolute atomic E-state index is 0.0779. The topological polar surface area (TPSA) is 32.3 Å². The first kappa shape index (κ1) is 18.7. The Morgan fingerprint density at radius 3 is 2.23 bits per heavy atom. The van der Waals surface area contributed by atoms with Gasteiger partial charge in [0.25, 0.3) is 0 Å². The molecule has 22 heavy (non-hydrogen) atoms. The van der Waals surface area contributed by atoms with Crippen LogP contribution in [0, 0.1) is 13.8 Å². The summed E-state index contributed by atoms with van der Waals surface area (Å²) >= 11 is 0. The van der Waals surface area contributed by atoms with Crippen LogP contribution in [0.2, 0.25) is 0 Å². The molecule has 0 saturated carbocycles. The summed E-state index contributed by atoms with van der Waals surface area (Å²) in [6.07, 6.45) is 2.62. The fourth-order valence-corrected chi connectivity index (χ4v) is 3.08. The summed E-state index contributed by atoms with van der Waals surface area (Å²) in [7, 11) is 0. The maximum absolute atomic E-state index is 12.6. The van der Waals surface area contributed by atoms with Crippen LogP contribution in [0.5, 0.6) is 0 Å². The molecule has 0 aliphatic heterocycles. The number of benzene rings is 1. The Kier molecular flexibility index (Phi) is 7.08. The number of amides is 1. The van der Waals surface area contributed by atoms with Gasteiger partial charge in [-0.2, -0.15) is 0 Å². The molecule has 1 aromatic rings. The Morgan fingerprint density at radius 1 is 1.18 bits per heavy atom. The Bertz CT molecular complexity index is 478. The predicted octanol–water partition coefficient (Wildman–Crippen LogP) is 4.53. The van der Waals surface area contributed by atoms with E-state index in [-0.39, 0.29) is 11.4 Å². The maximum atomic E-state index is 12.6. The van der Waals surface area contributed by atoms with E-state index in [1.54, 1.807) is 0 Å². The van der Waals surface area contributed by atoms with Gasteiger partial charge in [-0.3, -0.25) is 9.69 Å². The van der Waals surface area contributed by atoms with Gasteiger partial charge in [0.2, 0.25) is 5.91 Å². The van der Waals surface area contributed by atoms with E-state index in [9.17, 15) is 4.79 Å². The zero-order valence-electron chi connectivity index (χ0n) is 15.1. The molecular weight excluding hydrogens is 272 g/mol. The van der Waals surface area contributed by atoms with Crippen molar-refractivity contribution in [2.24, 2.45) is 0 Å². The van der Waals surface area contributed by atoms with Crippen molar-refractivity contribution in [3.8, 4) is 0 Å². The molecule has 0 fully saturated rings. The number of nitrogens with zero attached hydrogens (tertiary/aromatic N) is 1. The van der Waals surface area contributed by atoms with Gasteiger partial charge in [0, 0.05) is 17.6 Å². The highest BCUT2D eigenvalue weighted by atomic mass is 16.1. The molecule has 1 aromatic carbocycles. The second kappa shape index (κ2) is 8.33. The molecule has 1 atom stereocenters. The fourth-order valence-electron chi connectivity index (χ4n) is 3.08. The first-order chi connectivity index (χ1) is 10.4. The number of nitrogens with one attached hydrogen (secondary N) is 1. The standard InChI is InChI=1S/C19H32N2O/c1-7-13-21(9-3)19(6,8-2)14-17(22)20-18-15(4)11-10-12-16(18)5/h10-12H,7-9,13-14H2,1-6H3,(H,20,22). The summed E-state index contributed by atoms with van der Waals surface area (Å²) in [6.45, 7) is 14.8. The SMILES string of the molecule is CCCN(CC)C(C)(CC)CC(=O)Nc1c(C)cccc1C. The van der Waals surface area contributed by atoms with E-state index in [1.807, 2.05) is 32.0 Å². The number of hydrogen-bond acceptors (Lipinski definition) is 2. The predicted molar refractivity (Wildman–Crippen MR) is 95.4 cm³/mol. The van der Waals surface area contributed by atoms with E-state index >= 15 is 0 Å². The van der Waals surface area contributed by atoms with Crippen LogP contribution >= 0.6 is 0 Å². The summed E-state index contributed by atoms with van der Waals surface area (Å²) in [4.78, 5) is 15.0. The zero-order valence-corrected chi connectivity index (χ0v) is 15.1. The van der Waals surface area contributed by atoms with Gasteiger partial charge in [-0.25, -0.2) is 0 Å². The van der Waals surface area contributed by atoms with Crippen LogP contribution in [0.15, 0.2) is 18.2 Å². The van der Waals surface area contributed by atoms with Crippen molar-refractivity contribution in [3.05, 3.63) is 29.3 Å². The highest BCUT2D eigenvalue weighted by Gasteiger charge is 2.31. The molecule has 1 unspecified atom stereocenters. The van der Waals surface area contributed by atoms with Gasteiger partial charge in [0.1, 0.15) is 0 Å². The molecule has 3 heteroatoms. The van der Waals surface area contributed by atoms with Gasteiger partial charge in [-0.1, -0.05) is 39.0 Å². The third-order valence-electron chi connectivity index (χ3n) is 4.69. The molecule has 1 N–H and O–H groups in total. The highest BCUT2D eigenvalue weighted by molar-refractivity contribution is 5.93. The van der Waals surface area contributed by atoms with Crippen LogP contribution in [-0.2, 0) is 4.79 Å². The number of rotatable bonds is 8. The summed E-state index contributed by atoms with van der Waals surface area (Å²) in [5, 5.41) is 3.12. The number of aryl methyl sites for hydroxylation is 2. The average Bonchev–Trinajstić information content (AvgIpc) is 2.48. The van der Waals surface area contributed by atoms with E-state index in [2.05, 4.69) is 37.9 Å². The Hall–Kier alpha value is -1.35. The molecule has 124 valence electrons. The van der Waals surface area contributed by atoms with Crippen LogP contribution < -0.4 is 5.32 Å². The van der Waals surface area contributed by atoms with Gasteiger partial charge < -0.3 is 5.32 Å². The monoisotopic (exact) mass is 304 g/mol. The lowest BCUT2D eigenvalue weighted by atomic mass is 9.91. The molecule has 0 saturated heterocycles. The van der Waals surface area contributed by atoms with Crippen molar-refractivity contribution in [2.45, 2.75) is 66.3 Å². The lowest BCUT2D eigenvalue weighted by Gasteiger charge is -2.40.